The second-order valence-electron chi connectivity index (χ2n) is 4.61. The quantitative estimate of drug-likeness (QED) is 0.801. The largest absolute Gasteiger partial charge is 0.372 e. The van der Waals surface area contributed by atoms with E-state index in [9.17, 15) is 4.79 Å². The van der Waals surface area contributed by atoms with Crippen molar-refractivity contribution in [2.45, 2.75) is 19.9 Å². The Morgan fingerprint density at radius 2 is 2.18 bits per heavy atom. The van der Waals surface area contributed by atoms with Crippen molar-refractivity contribution in [3.8, 4) is 6.07 Å². The van der Waals surface area contributed by atoms with Gasteiger partial charge in [0.1, 0.15) is 6.04 Å². The Hall–Kier alpha value is -2.02. The van der Waals surface area contributed by atoms with Crippen molar-refractivity contribution in [2.75, 3.05) is 17.3 Å². The second kappa shape index (κ2) is 4.10. The van der Waals surface area contributed by atoms with Gasteiger partial charge in [-0.05, 0) is 24.1 Å². The molecule has 1 amide bonds. The number of anilines is 2. The number of nitrogens with zero attached hydrogens (tertiary/aromatic N) is 2. The van der Waals surface area contributed by atoms with Crippen molar-refractivity contribution in [1.82, 2.24) is 0 Å². The summed E-state index contributed by atoms with van der Waals surface area (Å²) in [5.41, 5.74) is 2.24. The summed E-state index contributed by atoms with van der Waals surface area (Å²) >= 11 is 0. The first-order valence-electron chi connectivity index (χ1n) is 5.63. The van der Waals surface area contributed by atoms with E-state index in [-0.39, 0.29) is 17.9 Å². The summed E-state index contributed by atoms with van der Waals surface area (Å²) in [6, 6.07) is 7.23. The highest BCUT2D eigenvalue weighted by Gasteiger charge is 2.32. The van der Waals surface area contributed by atoms with E-state index in [4.69, 9.17) is 5.26 Å². The van der Waals surface area contributed by atoms with Crippen LogP contribution < -0.4 is 10.2 Å². The van der Waals surface area contributed by atoms with E-state index in [1.807, 2.05) is 19.9 Å². The molecule has 0 spiro atoms. The number of benzene rings is 1. The van der Waals surface area contributed by atoms with E-state index in [2.05, 4.69) is 11.4 Å². The number of fused-ring (bicyclic) bond motifs is 1. The molecule has 0 aliphatic carbocycles. The zero-order valence-electron chi connectivity index (χ0n) is 10.2. The molecule has 0 aromatic heterocycles. The third kappa shape index (κ3) is 1.84. The number of nitrogens with one attached hydrogen (secondary N) is 1. The molecule has 1 aromatic rings. The Labute approximate surface area is 101 Å². The lowest BCUT2D eigenvalue weighted by molar-refractivity contribution is -0.120. The van der Waals surface area contributed by atoms with Gasteiger partial charge in [-0.2, -0.15) is 5.26 Å². The first kappa shape index (κ1) is 11.5. The zero-order chi connectivity index (χ0) is 12.6. The van der Waals surface area contributed by atoms with Crippen LogP contribution in [0, 0.1) is 17.2 Å². The molecule has 1 aromatic carbocycles. The summed E-state index contributed by atoms with van der Waals surface area (Å²) in [6.07, 6.45) is 0. The number of carbonyl (C=O) groups excluding carboxylic acids is 1. The molecule has 17 heavy (non-hydrogen) atoms. The molecular weight excluding hydrogens is 214 g/mol. The summed E-state index contributed by atoms with van der Waals surface area (Å²) in [6.45, 7) is 4.02. The smallest absolute Gasteiger partial charge is 0.249 e. The molecule has 0 radical (unpaired) electrons. The van der Waals surface area contributed by atoms with E-state index in [0.717, 1.165) is 11.4 Å². The Bertz CT molecular complexity index is 502. The van der Waals surface area contributed by atoms with Gasteiger partial charge in [0, 0.05) is 7.05 Å². The number of carbonyl (C=O) groups is 1. The molecule has 1 heterocycles. The molecule has 0 fully saturated rings. The van der Waals surface area contributed by atoms with Crippen LogP contribution in [0.2, 0.25) is 0 Å². The van der Waals surface area contributed by atoms with Crippen LogP contribution in [0.15, 0.2) is 18.2 Å². The lowest BCUT2D eigenvalue weighted by atomic mass is 9.99. The van der Waals surface area contributed by atoms with Crippen molar-refractivity contribution < 1.29 is 4.79 Å². The third-order valence-electron chi connectivity index (χ3n) is 3.06. The van der Waals surface area contributed by atoms with Gasteiger partial charge >= 0.3 is 0 Å². The number of nitriles is 1. The molecule has 0 saturated carbocycles. The van der Waals surface area contributed by atoms with E-state index in [0.29, 0.717) is 5.56 Å². The van der Waals surface area contributed by atoms with E-state index in [1.54, 1.807) is 24.1 Å². The van der Waals surface area contributed by atoms with Gasteiger partial charge in [-0.1, -0.05) is 13.8 Å². The maximum Gasteiger partial charge on any atom is 0.249 e. The first-order valence-corrected chi connectivity index (χ1v) is 5.63. The standard InChI is InChI=1S/C13H15N3O/c1-8(2)12-13(17)16(3)11-6-9(7-14)4-5-10(11)15-12/h4-6,8,12,15H,1-3H3. The van der Waals surface area contributed by atoms with Gasteiger partial charge in [0.15, 0.2) is 0 Å². The van der Waals surface area contributed by atoms with Crippen LogP contribution in [-0.4, -0.2) is 19.0 Å². The molecule has 88 valence electrons. The van der Waals surface area contributed by atoms with Crippen LogP contribution in [0.5, 0.6) is 0 Å². The summed E-state index contributed by atoms with van der Waals surface area (Å²) < 4.78 is 0. The lowest BCUT2D eigenvalue weighted by Gasteiger charge is -2.34. The van der Waals surface area contributed by atoms with Gasteiger partial charge in [0.05, 0.1) is 23.0 Å². The van der Waals surface area contributed by atoms with Crippen molar-refractivity contribution in [2.24, 2.45) is 5.92 Å². The molecule has 1 N–H and O–H groups in total. The van der Waals surface area contributed by atoms with Crippen LogP contribution in [0.3, 0.4) is 0 Å². The SMILES string of the molecule is CC(C)C1Nc2ccc(C#N)cc2N(C)C1=O. The van der Waals surface area contributed by atoms with E-state index >= 15 is 0 Å². The van der Waals surface area contributed by atoms with Crippen LogP contribution in [-0.2, 0) is 4.79 Å². The summed E-state index contributed by atoms with van der Waals surface area (Å²) in [5, 5.41) is 12.1. The maximum absolute atomic E-state index is 12.1. The highest BCUT2D eigenvalue weighted by Crippen LogP contribution is 2.32. The Balaban J connectivity index is 2.46. The second-order valence-corrected chi connectivity index (χ2v) is 4.61. The van der Waals surface area contributed by atoms with Gasteiger partial charge < -0.3 is 10.2 Å². The first-order chi connectivity index (χ1) is 8.04. The van der Waals surface area contributed by atoms with Crippen LogP contribution >= 0.6 is 0 Å². The van der Waals surface area contributed by atoms with Crippen molar-refractivity contribution in [1.29, 1.82) is 5.26 Å². The molecular formula is C13H15N3O. The fraction of sp³-hybridized carbons (Fsp3) is 0.385. The zero-order valence-corrected chi connectivity index (χ0v) is 10.2. The van der Waals surface area contributed by atoms with Gasteiger partial charge in [-0.25, -0.2) is 0 Å². The Kier molecular flexibility index (Phi) is 2.76. The number of rotatable bonds is 1. The molecule has 4 heteroatoms. The minimum Gasteiger partial charge on any atom is -0.372 e. The monoisotopic (exact) mass is 229 g/mol. The molecule has 1 aliphatic rings. The summed E-state index contributed by atoms with van der Waals surface area (Å²) in [4.78, 5) is 13.7. The summed E-state index contributed by atoms with van der Waals surface area (Å²) in [7, 11) is 1.75. The average molecular weight is 229 g/mol. The van der Waals surface area contributed by atoms with Gasteiger partial charge in [-0.15, -0.1) is 0 Å². The van der Waals surface area contributed by atoms with Crippen LogP contribution in [0.4, 0.5) is 11.4 Å². The van der Waals surface area contributed by atoms with Crippen molar-refractivity contribution in [3.05, 3.63) is 23.8 Å². The van der Waals surface area contributed by atoms with Gasteiger partial charge in [-0.3, -0.25) is 4.79 Å². The Morgan fingerprint density at radius 1 is 1.47 bits per heavy atom. The highest BCUT2D eigenvalue weighted by molar-refractivity contribution is 6.04. The fourth-order valence-corrected chi connectivity index (χ4v) is 2.01. The molecule has 1 unspecified atom stereocenters. The number of likely N-dealkylation sites (N-methyl/N-ethyl adjacent to an activating group) is 1. The van der Waals surface area contributed by atoms with Gasteiger partial charge in [0.25, 0.3) is 0 Å². The van der Waals surface area contributed by atoms with E-state index < -0.39 is 0 Å². The van der Waals surface area contributed by atoms with Crippen molar-refractivity contribution >= 4 is 17.3 Å². The third-order valence-corrected chi connectivity index (χ3v) is 3.06. The molecule has 1 atom stereocenters. The predicted octanol–water partition coefficient (Wildman–Crippen LogP) is 1.97. The fourth-order valence-electron chi connectivity index (χ4n) is 2.01. The number of amides is 1. The lowest BCUT2D eigenvalue weighted by Crippen LogP contribution is -2.47. The van der Waals surface area contributed by atoms with Crippen LogP contribution in [0.1, 0.15) is 19.4 Å². The number of hydrogen-bond donors (Lipinski definition) is 1. The molecule has 4 nitrogen and oxygen atoms in total. The van der Waals surface area contributed by atoms with Gasteiger partial charge in [0.2, 0.25) is 5.91 Å². The normalized spacial score (nSPS) is 18.6. The van der Waals surface area contributed by atoms with Crippen molar-refractivity contribution in [3.63, 3.8) is 0 Å². The molecule has 0 bridgehead atoms. The molecule has 0 saturated heterocycles. The summed E-state index contributed by atoms with van der Waals surface area (Å²) in [5.74, 6) is 0.274. The minimum absolute atomic E-state index is 0.0441. The predicted molar refractivity (Wildman–Crippen MR) is 66.8 cm³/mol. The molecule has 2 rings (SSSR count). The minimum atomic E-state index is -0.194. The molecule has 1 aliphatic heterocycles. The average Bonchev–Trinajstić information content (AvgIpc) is 2.33. The highest BCUT2D eigenvalue weighted by atomic mass is 16.2. The maximum atomic E-state index is 12.1. The number of hydrogen-bond acceptors (Lipinski definition) is 3. The van der Waals surface area contributed by atoms with Crippen LogP contribution in [0.25, 0.3) is 0 Å². The topological polar surface area (TPSA) is 56.1 Å². The Morgan fingerprint density at radius 3 is 2.76 bits per heavy atom. The van der Waals surface area contributed by atoms with E-state index in [1.165, 1.54) is 0 Å².